The van der Waals surface area contributed by atoms with E-state index in [0.29, 0.717) is 0 Å². The number of carbonyl (C=O) groups is 4. The largest absolute Gasteiger partial charge is 0.459 e. The van der Waals surface area contributed by atoms with Crippen LogP contribution in [0.15, 0.2) is 57.5 Å². The Morgan fingerprint density at radius 3 is 1.70 bits per heavy atom. The third-order valence-corrected chi connectivity index (χ3v) is 6.27. The molecule has 198 valence electrons. The summed E-state index contributed by atoms with van der Waals surface area (Å²) < 4.78 is 34.6. The highest BCUT2D eigenvalue weighted by Gasteiger charge is 2.52. The first-order valence-corrected chi connectivity index (χ1v) is 12.6. The van der Waals surface area contributed by atoms with Crippen LogP contribution in [0.25, 0.3) is 0 Å². The number of benzene rings is 2. The fraction of sp³-hybridized carbons (Fsp3) is 0.360. The Bertz CT molecular complexity index is 1120. The smallest absolute Gasteiger partial charge is 0.338 e. The predicted octanol–water partition coefficient (Wildman–Crippen LogP) is 3.83. The van der Waals surface area contributed by atoms with E-state index in [-0.39, 0.29) is 11.1 Å². The van der Waals surface area contributed by atoms with Gasteiger partial charge in [-0.2, -0.15) is 0 Å². The molecule has 1 saturated heterocycles. The molecule has 12 heteroatoms. The van der Waals surface area contributed by atoms with Crippen LogP contribution in [0.5, 0.6) is 0 Å². The Morgan fingerprint density at radius 1 is 0.730 bits per heavy atom. The van der Waals surface area contributed by atoms with Gasteiger partial charge in [0.15, 0.2) is 24.6 Å². The summed E-state index contributed by atoms with van der Waals surface area (Å²) in [5, 5.41) is 0. The lowest BCUT2D eigenvalue weighted by Crippen LogP contribution is -2.62. The zero-order chi connectivity index (χ0) is 27.1. The molecule has 1 fully saturated rings. The maximum absolute atomic E-state index is 13.0. The first kappa shape index (κ1) is 28.8. The molecule has 0 bridgehead atoms. The van der Waals surface area contributed by atoms with E-state index in [1.807, 2.05) is 0 Å². The predicted molar refractivity (Wildman–Crippen MR) is 135 cm³/mol. The number of hydrogen-bond donors (Lipinski definition) is 0. The fourth-order valence-corrected chi connectivity index (χ4v) is 4.12. The quantitative estimate of drug-likeness (QED) is 0.310. The molecule has 3 rings (SSSR count). The van der Waals surface area contributed by atoms with Crippen molar-refractivity contribution in [2.75, 3.05) is 13.7 Å². The van der Waals surface area contributed by atoms with Gasteiger partial charge in [-0.15, -0.1) is 0 Å². The highest BCUT2D eigenvalue weighted by atomic mass is 79.9. The minimum Gasteiger partial charge on any atom is -0.459 e. The number of carbonyl (C=O) groups excluding carboxylic acids is 4. The van der Waals surface area contributed by atoms with Gasteiger partial charge in [-0.1, -0.05) is 31.9 Å². The Balaban J connectivity index is 1.91. The van der Waals surface area contributed by atoms with E-state index in [9.17, 15) is 19.2 Å². The zero-order valence-corrected chi connectivity index (χ0v) is 23.2. The summed E-state index contributed by atoms with van der Waals surface area (Å²) in [5.74, 6) is -2.85. The molecule has 0 aromatic heterocycles. The molecule has 0 spiro atoms. The van der Waals surface area contributed by atoms with Crippen molar-refractivity contribution in [3.63, 3.8) is 0 Å². The molecule has 1 heterocycles. The minimum atomic E-state index is -1.33. The van der Waals surface area contributed by atoms with E-state index in [0.717, 1.165) is 22.8 Å². The van der Waals surface area contributed by atoms with Gasteiger partial charge < -0.3 is 28.4 Å². The van der Waals surface area contributed by atoms with Crippen LogP contribution in [0.4, 0.5) is 0 Å². The molecular weight excluding hydrogens is 620 g/mol. The number of esters is 4. The van der Waals surface area contributed by atoms with Crippen LogP contribution in [0.1, 0.15) is 34.6 Å². The molecular formula is C25H24Br2O10. The van der Waals surface area contributed by atoms with Crippen molar-refractivity contribution in [3.8, 4) is 0 Å². The normalized spacial score (nSPS) is 23.0. The summed E-state index contributed by atoms with van der Waals surface area (Å²) in [7, 11) is 1.30. The molecule has 10 nitrogen and oxygen atoms in total. The lowest BCUT2D eigenvalue weighted by Gasteiger charge is -2.43. The van der Waals surface area contributed by atoms with Crippen LogP contribution < -0.4 is 0 Å². The van der Waals surface area contributed by atoms with E-state index in [1.54, 1.807) is 36.4 Å². The third-order valence-electron chi connectivity index (χ3n) is 5.21. The lowest BCUT2D eigenvalue weighted by atomic mass is 9.98. The second-order valence-electron chi connectivity index (χ2n) is 7.91. The molecule has 1 aliphatic heterocycles. The van der Waals surface area contributed by atoms with Crippen LogP contribution >= 0.6 is 31.9 Å². The van der Waals surface area contributed by atoms with E-state index < -0.39 is 61.2 Å². The van der Waals surface area contributed by atoms with E-state index in [1.165, 1.54) is 19.2 Å². The van der Waals surface area contributed by atoms with Crippen LogP contribution in [0, 0.1) is 0 Å². The highest BCUT2D eigenvalue weighted by Crippen LogP contribution is 2.30. The van der Waals surface area contributed by atoms with E-state index in [4.69, 9.17) is 28.4 Å². The molecule has 0 unspecified atom stereocenters. The third kappa shape index (κ3) is 7.84. The Morgan fingerprint density at radius 2 is 1.22 bits per heavy atom. The van der Waals surface area contributed by atoms with Crippen molar-refractivity contribution in [1.82, 2.24) is 0 Å². The second kappa shape index (κ2) is 13.1. The fourth-order valence-electron chi connectivity index (χ4n) is 3.59. The molecule has 0 radical (unpaired) electrons. The minimum absolute atomic E-state index is 0.202. The lowest BCUT2D eigenvalue weighted by molar-refractivity contribution is -0.299. The Labute approximate surface area is 229 Å². The van der Waals surface area contributed by atoms with Crippen molar-refractivity contribution in [1.29, 1.82) is 0 Å². The maximum atomic E-state index is 13.0. The molecule has 0 aliphatic carbocycles. The van der Waals surface area contributed by atoms with Crippen LogP contribution in [-0.4, -0.2) is 68.3 Å². The SMILES string of the molecule is CO[C@H]1O[C@H](COC(=O)c2ccc(Br)cc2)[C@@H](OC(=O)c2ccc(Br)cc2)[C@H](OC(C)=O)[C@@H]1OC(C)=O. The molecule has 2 aromatic carbocycles. The van der Waals surface area contributed by atoms with E-state index in [2.05, 4.69) is 31.9 Å². The van der Waals surface area contributed by atoms with Gasteiger partial charge in [-0.3, -0.25) is 9.59 Å². The summed E-state index contributed by atoms with van der Waals surface area (Å²) >= 11 is 6.60. The molecule has 2 aromatic rings. The number of rotatable bonds is 8. The number of methoxy groups -OCH3 is 1. The van der Waals surface area contributed by atoms with Crippen LogP contribution in [-0.2, 0) is 38.0 Å². The topological polar surface area (TPSA) is 124 Å². The van der Waals surface area contributed by atoms with Crippen molar-refractivity contribution < 1.29 is 47.6 Å². The van der Waals surface area contributed by atoms with Gasteiger partial charge in [-0.25, -0.2) is 9.59 Å². The molecule has 1 aliphatic rings. The molecule has 0 N–H and O–H groups in total. The number of ether oxygens (including phenoxy) is 6. The second-order valence-corrected chi connectivity index (χ2v) is 9.74. The average Bonchev–Trinajstić information content (AvgIpc) is 2.85. The summed E-state index contributed by atoms with van der Waals surface area (Å²) in [5.41, 5.74) is 0.480. The van der Waals surface area contributed by atoms with Crippen LogP contribution in [0.3, 0.4) is 0 Å². The van der Waals surface area contributed by atoms with Gasteiger partial charge in [0.05, 0.1) is 11.1 Å². The molecule has 0 amide bonds. The van der Waals surface area contributed by atoms with Gasteiger partial charge >= 0.3 is 23.9 Å². The van der Waals surface area contributed by atoms with Crippen molar-refractivity contribution in [2.45, 2.75) is 44.6 Å². The van der Waals surface area contributed by atoms with Crippen molar-refractivity contribution >= 4 is 55.7 Å². The molecule has 0 saturated carbocycles. The van der Waals surface area contributed by atoms with Crippen LogP contribution in [0.2, 0.25) is 0 Å². The summed E-state index contributed by atoms with van der Waals surface area (Å²) in [4.78, 5) is 49.4. The van der Waals surface area contributed by atoms with Gasteiger partial charge in [0.1, 0.15) is 12.7 Å². The summed E-state index contributed by atoms with van der Waals surface area (Å²) in [6.45, 7) is 1.92. The Kier molecular flexibility index (Phi) is 10.2. The van der Waals surface area contributed by atoms with Gasteiger partial charge in [0, 0.05) is 29.9 Å². The summed E-state index contributed by atoms with van der Waals surface area (Å²) in [6, 6.07) is 12.8. The number of hydrogen-bond acceptors (Lipinski definition) is 10. The zero-order valence-electron chi connectivity index (χ0n) is 20.1. The molecule has 37 heavy (non-hydrogen) atoms. The first-order chi connectivity index (χ1) is 17.6. The van der Waals surface area contributed by atoms with Gasteiger partial charge in [0.25, 0.3) is 0 Å². The average molecular weight is 644 g/mol. The highest BCUT2D eigenvalue weighted by molar-refractivity contribution is 9.10. The van der Waals surface area contributed by atoms with Crippen molar-refractivity contribution in [3.05, 3.63) is 68.6 Å². The first-order valence-electron chi connectivity index (χ1n) is 11.0. The maximum Gasteiger partial charge on any atom is 0.338 e. The van der Waals surface area contributed by atoms with Gasteiger partial charge in [0.2, 0.25) is 0 Å². The number of halogens is 2. The van der Waals surface area contributed by atoms with Gasteiger partial charge in [-0.05, 0) is 48.5 Å². The van der Waals surface area contributed by atoms with E-state index >= 15 is 0 Å². The van der Waals surface area contributed by atoms with Crippen molar-refractivity contribution in [2.24, 2.45) is 0 Å². The summed E-state index contributed by atoms with van der Waals surface area (Å²) in [6.07, 6.45) is -6.27. The Hall–Kier alpha value is -2.80. The monoisotopic (exact) mass is 642 g/mol. The molecule has 5 atom stereocenters. The standard InChI is InChI=1S/C25H24Br2O10/c1-13(28)34-21-20(37-24(31)16-6-10-18(27)11-7-16)19(36-25(32-3)22(21)35-14(2)29)12-33-23(30)15-4-8-17(26)9-5-15/h4-11,19-22,25H,12H2,1-3H3/t19-,20-,21+,22+,25+/m1/s1.